The fraction of sp³-hybridized carbons (Fsp3) is 0.929. The molecule has 0 bridgehead atoms. The molecule has 1 heterocycles. The van der Waals surface area contributed by atoms with Crippen molar-refractivity contribution in [1.82, 2.24) is 10.2 Å². The van der Waals surface area contributed by atoms with E-state index in [1.807, 2.05) is 0 Å². The van der Waals surface area contributed by atoms with Crippen LogP contribution in [0.2, 0.25) is 0 Å². The third-order valence-corrected chi connectivity index (χ3v) is 4.80. The molecule has 19 heavy (non-hydrogen) atoms. The third-order valence-electron chi connectivity index (χ3n) is 3.86. The van der Waals surface area contributed by atoms with Gasteiger partial charge in [0.05, 0.1) is 19.0 Å². The fourth-order valence-corrected chi connectivity index (χ4v) is 3.50. The van der Waals surface area contributed by atoms with Crippen molar-refractivity contribution in [3.05, 3.63) is 0 Å². The average Bonchev–Trinajstić information content (AvgIpc) is 2.46. The third kappa shape index (κ3) is 6.15. The summed E-state index contributed by atoms with van der Waals surface area (Å²) >= 11 is 1.75. The summed E-state index contributed by atoms with van der Waals surface area (Å²) in [6.45, 7) is 4.86. The molecule has 4 nitrogen and oxygen atoms in total. The Hall–Kier alpha value is -0.260. The summed E-state index contributed by atoms with van der Waals surface area (Å²) in [5.74, 6) is 1.87. The van der Waals surface area contributed by atoms with Crippen LogP contribution in [0.15, 0.2) is 0 Å². The van der Waals surface area contributed by atoms with Crippen molar-refractivity contribution in [2.45, 2.75) is 38.1 Å². The van der Waals surface area contributed by atoms with E-state index in [2.05, 4.69) is 10.2 Å². The molecule has 0 aromatic rings. The van der Waals surface area contributed by atoms with Crippen molar-refractivity contribution in [3.8, 4) is 0 Å². The van der Waals surface area contributed by atoms with E-state index in [1.54, 1.807) is 11.8 Å². The molecule has 1 N–H and O–H groups in total. The fourth-order valence-electron chi connectivity index (χ4n) is 2.70. The lowest BCUT2D eigenvalue weighted by Gasteiger charge is -2.26. The number of hydrogen-bond acceptors (Lipinski definition) is 4. The van der Waals surface area contributed by atoms with E-state index in [0.717, 1.165) is 38.6 Å². The zero-order chi connectivity index (χ0) is 13.3. The normalized spacial score (nSPS) is 22.3. The van der Waals surface area contributed by atoms with Crippen LogP contribution >= 0.6 is 11.8 Å². The van der Waals surface area contributed by atoms with Crippen LogP contribution in [-0.2, 0) is 9.53 Å². The lowest BCUT2D eigenvalue weighted by Crippen LogP contribution is -2.38. The van der Waals surface area contributed by atoms with Crippen molar-refractivity contribution >= 4 is 17.7 Å². The van der Waals surface area contributed by atoms with Crippen LogP contribution in [0.25, 0.3) is 0 Å². The highest BCUT2D eigenvalue weighted by Gasteiger charge is 2.15. The SMILES string of the molecule is O=C(CSCCN1CCOCC1)NC1CCCCC1. The molecular formula is C14H26N2O2S. The maximum atomic E-state index is 11.8. The molecule has 0 atom stereocenters. The number of amides is 1. The van der Waals surface area contributed by atoms with Crippen molar-refractivity contribution in [1.29, 1.82) is 0 Å². The number of carbonyl (C=O) groups is 1. The van der Waals surface area contributed by atoms with Gasteiger partial charge in [0.1, 0.15) is 0 Å². The van der Waals surface area contributed by atoms with Gasteiger partial charge in [-0.2, -0.15) is 11.8 Å². The number of nitrogens with zero attached hydrogens (tertiary/aromatic N) is 1. The first kappa shape index (κ1) is 15.1. The summed E-state index contributed by atoms with van der Waals surface area (Å²) in [5, 5.41) is 3.16. The molecule has 0 aromatic carbocycles. The molecule has 2 fully saturated rings. The lowest BCUT2D eigenvalue weighted by atomic mass is 9.95. The molecule has 1 saturated heterocycles. The molecule has 1 saturated carbocycles. The van der Waals surface area contributed by atoms with Gasteiger partial charge in [0.2, 0.25) is 5.91 Å². The predicted molar refractivity (Wildman–Crippen MR) is 79.6 cm³/mol. The van der Waals surface area contributed by atoms with Crippen LogP contribution in [0.4, 0.5) is 0 Å². The van der Waals surface area contributed by atoms with E-state index in [-0.39, 0.29) is 5.91 Å². The summed E-state index contributed by atoms with van der Waals surface area (Å²) in [5.41, 5.74) is 0. The Bertz CT molecular complexity index is 264. The zero-order valence-corrected chi connectivity index (χ0v) is 12.6. The van der Waals surface area contributed by atoms with Crippen molar-refractivity contribution < 1.29 is 9.53 Å². The van der Waals surface area contributed by atoms with Crippen LogP contribution in [0, 0.1) is 0 Å². The number of morpholine rings is 1. The molecule has 0 radical (unpaired) electrons. The Kier molecular flexibility index (Phi) is 7.03. The van der Waals surface area contributed by atoms with E-state index in [0.29, 0.717) is 11.8 Å². The van der Waals surface area contributed by atoms with Crippen LogP contribution in [-0.4, -0.2) is 61.2 Å². The van der Waals surface area contributed by atoms with Gasteiger partial charge in [-0.3, -0.25) is 9.69 Å². The summed E-state index contributed by atoms with van der Waals surface area (Å²) in [7, 11) is 0. The summed E-state index contributed by atoms with van der Waals surface area (Å²) in [4.78, 5) is 14.2. The number of carbonyl (C=O) groups excluding carboxylic acids is 1. The zero-order valence-electron chi connectivity index (χ0n) is 11.7. The number of nitrogens with one attached hydrogen (secondary N) is 1. The molecule has 0 aromatic heterocycles. The smallest absolute Gasteiger partial charge is 0.230 e. The van der Waals surface area contributed by atoms with Crippen LogP contribution < -0.4 is 5.32 Å². The van der Waals surface area contributed by atoms with Gasteiger partial charge in [0, 0.05) is 31.4 Å². The molecular weight excluding hydrogens is 260 g/mol. The first-order valence-electron chi connectivity index (χ1n) is 7.52. The highest BCUT2D eigenvalue weighted by molar-refractivity contribution is 7.99. The summed E-state index contributed by atoms with van der Waals surface area (Å²) < 4.78 is 5.32. The Morgan fingerprint density at radius 3 is 2.68 bits per heavy atom. The molecule has 5 heteroatoms. The minimum Gasteiger partial charge on any atom is -0.379 e. The number of ether oxygens (including phenoxy) is 1. The summed E-state index contributed by atoms with van der Waals surface area (Å²) in [6, 6.07) is 0.445. The first-order chi connectivity index (χ1) is 9.34. The van der Waals surface area contributed by atoms with Gasteiger partial charge in [0.15, 0.2) is 0 Å². The van der Waals surface area contributed by atoms with Gasteiger partial charge in [-0.1, -0.05) is 19.3 Å². The highest BCUT2D eigenvalue weighted by atomic mass is 32.2. The maximum absolute atomic E-state index is 11.8. The standard InChI is InChI=1S/C14H26N2O2S/c17-14(15-13-4-2-1-3-5-13)12-19-11-8-16-6-9-18-10-7-16/h13H,1-12H2,(H,15,17). The average molecular weight is 286 g/mol. The van der Waals surface area contributed by atoms with Gasteiger partial charge in [0.25, 0.3) is 0 Å². The van der Waals surface area contributed by atoms with Crippen LogP contribution in [0.5, 0.6) is 0 Å². The van der Waals surface area contributed by atoms with E-state index >= 15 is 0 Å². The second-order valence-electron chi connectivity index (χ2n) is 5.41. The quantitative estimate of drug-likeness (QED) is 0.751. The van der Waals surface area contributed by atoms with Gasteiger partial charge in [-0.15, -0.1) is 0 Å². The summed E-state index contributed by atoms with van der Waals surface area (Å²) in [6.07, 6.45) is 6.22. The monoisotopic (exact) mass is 286 g/mol. The van der Waals surface area contributed by atoms with E-state index in [1.165, 1.54) is 32.1 Å². The molecule has 2 aliphatic rings. The highest BCUT2D eigenvalue weighted by Crippen LogP contribution is 2.17. The van der Waals surface area contributed by atoms with Crippen LogP contribution in [0.3, 0.4) is 0 Å². The minimum atomic E-state index is 0.221. The second-order valence-corrected chi connectivity index (χ2v) is 6.51. The minimum absolute atomic E-state index is 0.221. The number of thioether (sulfide) groups is 1. The molecule has 110 valence electrons. The molecule has 0 spiro atoms. The predicted octanol–water partition coefficient (Wildman–Crippen LogP) is 1.50. The maximum Gasteiger partial charge on any atom is 0.230 e. The van der Waals surface area contributed by atoms with Crippen LogP contribution in [0.1, 0.15) is 32.1 Å². The van der Waals surface area contributed by atoms with Gasteiger partial charge in [-0.05, 0) is 12.8 Å². The topological polar surface area (TPSA) is 41.6 Å². The molecule has 2 rings (SSSR count). The Morgan fingerprint density at radius 2 is 1.95 bits per heavy atom. The Balaban J connectivity index is 1.48. The number of hydrogen-bond donors (Lipinski definition) is 1. The Labute approximate surface area is 120 Å². The van der Waals surface area contributed by atoms with Gasteiger partial charge in [-0.25, -0.2) is 0 Å². The van der Waals surface area contributed by atoms with Crippen molar-refractivity contribution in [3.63, 3.8) is 0 Å². The number of rotatable bonds is 6. The molecule has 1 aliphatic carbocycles. The van der Waals surface area contributed by atoms with E-state index in [4.69, 9.17) is 4.74 Å². The second kappa shape index (κ2) is 8.82. The van der Waals surface area contributed by atoms with E-state index in [9.17, 15) is 4.79 Å². The van der Waals surface area contributed by atoms with Crippen molar-refractivity contribution in [2.75, 3.05) is 44.4 Å². The first-order valence-corrected chi connectivity index (χ1v) is 8.67. The Morgan fingerprint density at radius 1 is 1.21 bits per heavy atom. The van der Waals surface area contributed by atoms with Gasteiger partial charge < -0.3 is 10.1 Å². The van der Waals surface area contributed by atoms with E-state index < -0.39 is 0 Å². The molecule has 1 amide bonds. The molecule has 0 unspecified atom stereocenters. The lowest BCUT2D eigenvalue weighted by molar-refractivity contribution is -0.119. The largest absolute Gasteiger partial charge is 0.379 e. The molecule has 1 aliphatic heterocycles. The van der Waals surface area contributed by atoms with Crippen molar-refractivity contribution in [2.24, 2.45) is 0 Å². The van der Waals surface area contributed by atoms with Gasteiger partial charge >= 0.3 is 0 Å².